The second-order valence-corrected chi connectivity index (χ2v) is 8.98. The molecule has 1 aliphatic heterocycles. The van der Waals surface area contributed by atoms with Crippen LogP contribution in [0, 0.1) is 5.92 Å². The first-order chi connectivity index (χ1) is 11.8. The molecule has 1 aromatic heterocycles. The van der Waals surface area contributed by atoms with Gasteiger partial charge in [-0.3, -0.25) is 4.79 Å². The van der Waals surface area contributed by atoms with E-state index >= 15 is 0 Å². The van der Waals surface area contributed by atoms with Crippen LogP contribution < -0.4 is 5.32 Å². The van der Waals surface area contributed by atoms with Crippen molar-refractivity contribution in [2.45, 2.75) is 19.4 Å². The lowest BCUT2D eigenvalue weighted by atomic mass is 9.98. The van der Waals surface area contributed by atoms with Crippen molar-refractivity contribution in [3.8, 4) is 0 Å². The molecule has 1 amide bonds. The van der Waals surface area contributed by atoms with Crippen LogP contribution in [0.3, 0.4) is 0 Å². The lowest BCUT2D eigenvalue weighted by Crippen LogP contribution is -2.41. The van der Waals surface area contributed by atoms with Gasteiger partial charge in [-0.15, -0.1) is 0 Å². The molecular formula is C17H22ClN3O3S. The predicted octanol–water partition coefficient (Wildman–Crippen LogP) is 2.08. The summed E-state index contributed by atoms with van der Waals surface area (Å²) in [6.45, 7) is 1.88. The first kappa shape index (κ1) is 18.2. The molecule has 0 unspecified atom stereocenters. The minimum atomic E-state index is -3.11. The van der Waals surface area contributed by atoms with Crippen LogP contribution in [-0.4, -0.2) is 49.1 Å². The zero-order valence-electron chi connectivity index (χ0n) is 14.1. The largest absolute Gasteiger partial charge is 0.354 e. The zero-order valence-corrected chi connectivity index (χ0v) is 15.7. The molecule has 136 valence electrons. The fraction of sp³-hybridized carbons (Fsp3) is 0.471. The molecule has 3 rings (SSSR count). The number of nitrogens with one attached hydrogen (secondary N) is 1. The van der Waals surface area contributed by atoms with Crippen LogP contribution in [0.5, 0.6) is 0 Å². The standard InChI is InChI=1S/C17H22ClN3O3S/c1-25(23,24)21-8-4-13(5-9-21)11-19-17(22)12-20-7-6-14-2-3-15(18)10-16(14)20/h2-3,6-7,10,13H,4-5,8-9,11-12H2,1H3,(H,19,22). The Morgan fingerprint density at radius 2 is 2.00 bits per heavy atom. The summed E-state index contributed by atoms with van der Waals surface area (Å²) >= 11 is 6.03. The minimum absolute atomic E-state index is 0.0528. The third-order valence-corrected chi connectivity index (χ3v) is 6.22. The number of fused-ring (bicyclic) bond motifs is 1. The number of amides is 1. The lowest BCUT2D eigenvalue weighted by molar-refractivity contribution is -0.121. The minimum Gasteiger partial charge on any atom is -0.354 e. The summed E-state index contributed by atoms with van der Waals surface area (Å²) in [7, 11) is -3.11. The summed E-state index contributed by atoms with van der Waals surface area (Å²) in [5.41, 5.74) is 0.934. The highest BCUT2D eigenvalue weighted by atomic mass is 35.5. The maximum Gasteiger partial charge on any atom is 0.239 e. The number of hydrogen-bond acceptors (Lipinski definition) is 3. The molecule has 0 radical (unpaired) electrons. The van der Waals surface area contributed by atoms with Crippen molar-refractivity contribution in [1.29, 1.82) is 0 Å². The van der Waals surface area contributed by atoms with Gasteiger partial charge in [-0.05, 0) is 42.3 Å². The van der Waals surface area contributed by atoms with Gasteiger partial charge in [0.25, 0.3) is 0 Å². The summed E-state index contributed by atoms with van der Waals surface area (Å²) in [6.07, 6.45) is 4.67. The van der Waals surface area contributed by atoms with Crippen molar-refractivity contribution in [2.75, 3.05) is 25.9 Å². The van der Waals surface area contributed by atoms with Crippen molar-refractivity contribution < 1.29 is 13.2 Å². The van der Waals surface area contributed by atoms with Crippen LogP contribution in [0.4, 0.5) is 0 Å². The molecule has 0 bridgehead atoms. The Balaban J connectivity index is 1.51. The van der Waals surface area contributed by atoms with E-state index in [1.807, 2.05) is 35.0 Å². The maximum absolute atomic E-state index is 12.2. The van der Waals surface area contributed by atoms with E-state index in [0.717, 1.165) is 23.7 Å². The van der Waals surface area contributed by atoms with E-state index in [-0.39, 0.29) is 12.5 Å². The van der Waals surface area contributed by atoms with E-state index in [4.69, 9.17) is 11.6 Å². The molecule has 25 heavy (non-hydrogen) atoms. The average molecular weight is 384 g/mol. The first-order valence-corrected chi connectivity index (χ1v) is 10.5. The Kier molecular flexibility index (Phi) is 5.36. The summed E-state index contributed by atoms with van der Waals surface area (Å²) in [5.74, 6) is 0.265. The number of piperidine rings is 1. The van der Waals surface area contributed by atoms with Crippen LogP contribution in [0.1, 0.15) is 12.8 Å². The molecule has 0 aliphatic carbocycles. The van der Waals surface area contributed by atoms with Crippen molar-refractivity contribution in [3.05, 3.63) is 35.5 Å². The smallest absolute Gasteiger partial charge is 0.239 e. The number of benzene rings is 1. The molecule has 1 fully saturated rings. The van der Waals surface area contributed by atoms with Crippen LogP contribution >= 0.6 is 11.6 Å². The van der Waals surface area contributed by atoms with Crippen molar-refractivity contribution >= 4 is 38.4 Å². The van der Waals surface area contributed by atoms with Gasteiger partial charge >= 0.3 is 0 Å². The second-order valence-electron chi connectivity index (χ2n) is 6.56. The number of carbonyl (C=O) groups is 1. The average Bonchev–Trinajstić information content (AvgIpc) is 2.95. The molecule has 2 aromatic rings. The first-order valence-electron chi connectivity index (χ1n) is 8.29. The number of sulfonamides is 1. The van der Waals surface area contributed by atoms with Gasteiger partial charge in [-0.1, -0.05) is 17.7 Å². The quantitative estimate of drug-likeness (QED) is 0.859. The van der Waals surface area contributed by atoms with Crippen molar-refractivity contribution in [2.24, 2.45) is 5.92 Å². The number of nitrogens with zero attached hydrogens (tertiary/aromatic N) is 2. The van der Waals surface area contributed by atoms with Crippen LogP contribution in [0.15, 0.2) is 30.5 Å². The van der Waals surface area contributed by atoms with Crippen LogP contribution in [-0.2, 0) is 21.4 Å². The monoisotopic (exact) mass is 383 g/mol. The summed E-state index contributed by atoms with van der Waals surface area (Å²) < 4.78 is 26.4. The van der Waals surface area contributed by atoms with Gasteiger partial charge in [-0.2, -0.15) is 0 Å². The topological polar surface area (TPSA) is 71.4 Å². The van der Waals surface area contributed by atoms with Gasteiger partial charge in [0.2, 0.25) is 15.9 Å². The Bertz CT molecular complexity index is 870. The van der Waals surface area contributed by atoms with E-state index < -0.39 is 10.0 Å². The van der Waals surface area contributed by atoms with Gasteiger partial charge in [0, 0.05) is 36.4 Å². The highest BCUT2D eigenvalue weighted by molar-refractivity contribution is 7.88. The highest BCUT2D eigenvalue weighted by Gasteiger charge is 2.25. The second kappa shape index (κ2) is 7.35. The summed E-state index contributed by atoms with van der Waals surface area (Å²) in [5, 5.41) is 4.65. The SMILES string of the molecule is CS(=O)(=O)N1CCC(CNC(=O)Cn2ccc3ccc(Cl)cc32)CC1. The van der Waals surface area contributed by atoms with Crippen molar-refractivity contribution in [1.82, 2.24) is 14.2 Å². The molecule has 0 atom stereocenters. The van der Waals surface area contributed by atoms with E-state index in [0.29, 0.717) is 30.6 Å². The molecule has 2 heterocycles. The van der Waals surface area contributed by atoms with Crippen LogP contribution in [0.2, 0.25) is 5.02 Å². The zero-order chi connectivity index (χ0) is 18.0. The Labute approximate surface area is 152 Å². The highest BCUT2D eigenvalue weighted by Crippen LogP contribution is 2.21. The van der Waals surface area contributed by atoms with E-state index in [2.05, 4.69) is 5.32 Å². The van der Waals surface area contributed by atoms with Gasteiger partial charge in [0.1, 0.15) is 6.54 Å². The van der Waals surface area contributed by atoms with E-state index in [1.165, 1.54) is 10.6 Å². The normalized spacial score (nSPS) is 17.0. The Morgan fingerprint density at radius 3 is 2.68 bits per heavy atom. The van der Waals surface area contributed by atoms with Gasteiger partial charge in [0.15, 0.2) is 0 Å². The molecule has 1 N–H and O–H groups in total. The molecule has 0 spiro atoms. The molecule has 1 aromatic carbocycles. The third kappa shape index (κ3) is 4.54. The molecule has 0 saturated carbocycles. The summed E-state index contributed by atoms with van der Waals surface area (Å²) in [4.78, 5) is 12.2. The number of halogens is 1. The van der Waals surface area contributed by atoms with Gasteiger partial charge in [0.05, 0.1) is 6.26 Å². The van der Waals surface area contributed by atoms with Gasteiger partial charge < -0.3 is 9.88 Å². The predicted molar refractivity (Wildman–Crippen MR) is 99.1 cm³/mol. The van der Waals surface area contributed by atoms with E-state index in [1.54, 1.807) is 0 Å². The number of aromatic nitrogens is 1. The number of hydrogen-bond donors (Lipinski definition) is 1. The molecule has 6 nitrogen and oxygen atoms in total. The molecule has 1 aliphatic rings. The lowest BCUT2D eigenvalue weighted by Gasteiger charge is -2.30. The van der Waals surface area contributed by atoms with E-state index in [9.17, 15) is 13.2 Å². The molecule has 1 saturated heterocycles. The fourth-order valence-electron chi connectivity index (χ4n) is 3.21. The third-order valence-electron chi connectivity index (χ3n) is 4.68. The molecule has 8 heteroatoms. The number of carbonyl (C=O) groups excluding carboxylic acids is 1. The van der Waals surface area contributed by atoms with Crippen molar-refractivity contribution in [3.63, 3.8) is 0 Å². The Hall–Kier alpha value is -1.57. The summed E-state index contributed by atoms with van der Waals surface area (Å²) in [6, 6.07) is 7.57. The molecular weight excluding hydrogens is 362 g/mol. The number of rotatable bonds is 5. The maximum atomic E-state index is 12.2. The fourth-order valence-corrected chi connectivity index (χ4v) is 4.25. The van der Waals surface area contributed by atoms with Crippen LogP contribution in [0.25, 0.3) is 10.9 Å². The van der Waals surface area contributed by atoms with Gasteiger partial charge in [-0.25, -0.2) is 12.7 Å². The Morgan fingerprint density at radius 1 is 1.28 bits per heavy atom.